The smallest absolute Gasteiger partial charge is 0.349 e. The van der Waals surface area contributed by atoms with Crippen molar-refractivity contribution in [3.8, 4) is 0 Å². The average molecular weight is 306 g/mol. The van der Waals surface area contributed by atoms with Crippen LogP contribution in [0, 0.1) is 0 Å². The van der Waals surface area contributed by atoms with E-state index in [9.17, 15) is 9.59 Å². The van der Waals surface area contributed by atoms with Gasteiger partial charge < -0.3 is 15.8 Å². The molecule has 0 aliphatic rings. The molecular weight excluding hydrogens is 288 g/mol. The molecule has 0 aliphatic carbocycles. The third kappa shape index (κ3) is 3.72. The number of amides is 1. The molecule has 2 aromatic rings. The minimum atomic E-state index is -0.806. The number of ether oxygens (including phenoxy) is 1. The lowest BCUT2D eigenvalue weighted by Gasteiger charge is -2.12. The number of hydrogen-bond acceptors (Lipinski definition) is 5. The normalized spacial score (nSPS) is 12.1. The zero-order valence-electron chi connectivity index (χ0n) is 12.0. The van der Waals surface area contributed by atoms with E-state index in [0.717, 1.165) is 16.5 Å². The molecule has 0 aliphatic heterocycles. The number of anilines is 1. The number of nitrogens with two attached hydrogens (primary N) is 1. The highest BCUT2D eigenvalue weighted by molar-refractivity contribution is 7.20. The van der Waals surface area contributed by atoms with Gasteiger partial charge in [-0.25, -0.2) is 4.79 Å². The molecule has 1 amide bonds. The van der Waals surface area contributed by atoms with Gasteiger partial charge in [0.2, 0.25) is 0 Å². The third-order valence-corrected chi connectivity index (χ3v) is 4.04. The predicted molar refractivity (Wildman–Crippen MR) is 84.4 cm³/mol. The van der Waals surface area contributed by atoms with Crippen LogP contribution in [0.1, 0.15) is 29.9 Å². The molecule has 2 rings (SSSR count). The molecule has 112 valence electrons. The van der Waals surface area contributed by atoms with E-state index in [4.69, 9.17) is 10.5 Å². The van der Waals surface area contributed by atoms with Crippen LogP contribution in [0.4, 0.5) is 5.69 Å². The molecular formula is C15H18N2O3S. The fraction of sp³-hybridized carbons (Fsp3) is 0.333. The summed E-state index contributed by atoms with van der Waals surface area (Å²) in [5, 5.41) is 3.59. The highest BCUT2D eigenvalue weighted by atomic mass is 32.1. The predicted octanol–water partition coefficient (Wildman–Crippen LogP) is 2.56. The Bertz CT molecular complexity index is 666. The van der Waals surface area contributed by atoms with Gasteiger partial charge in [-0.3, -0.25) is 4.79 Å². The standard InChI is InChI=1S/C15H18N2O3S/c1-3-6-17-14(18)9(2)20-15(19)13-8-10-7-11(16)4-5-12(10)21-13/h4-5,7-9H,3,6,16H2,1-2H3,(H,17,18). The SMILES string of the molecule is CCCNC(=O)C(C)OC(=O)c1cc2cc(N)ccc2s1. The molecule has 1 heterocycles. The molecule has 3 N–H and O–H groups in total. The molecule has 1 unspecified atom stereocenters. The first-order chi connectivity index (χ1) is 10.0. The van der Waals surface area contributed by atoms with Crippen molar-refractivity contribution in [2.24, 2.45) is 0 Å². The quantitative estimate of drug-likeness (QED) is 0.657. The van der Waals surface area contributed by atoms with Crippen LogP contribution in [0.5, 0.6) is 0 Å². The van der Waals surface area contributed by atoms with Crippen molar-refractivity contribution in [3.05, 3.63) is 29.1 Å². The molecule has 0 bridgehead atoms. The monoisotopic (exact) mass is 306 g/mol. The van der Waals surface area contributed by atoms with E-state index in [-0.39, 0.29) is 5.91 Å². The van der Waals surface area contributed by atoms with Crippen LogP contribution in [0.15, 0.2) is 24.3 Å². The summed E-state index contributed by atoms with van der Waals surface area (Å²) < 4.78 is 6.14. The number of nitrogen functional groups attached to an aromatic ring is 1. The summed E-state index contributed by atoms with van der Waals surface area (Å²) in [6.07, 6.45) is 0.0313. The Morgan fingerprint density at radius 1 is 1.38 bits per heavy atom. The third-order valence-electron chi connectivity index (χ3n) is 2.94. The first-order valence-corrected chi connectivity index (χ1v) is 7.60. The zero-order chi connectivity index (χ0) is 15.4. The van der Waals surface area contributed by atoms with Gasteiger partial charge in [0.15, 0.2) is 6.10 Å². The highest BCUT2D eigenvalue weighted by Crippen LogP contribution is 2.28. The number of thiophene rings is 1. The van der Waals surface area contributed by atoms with E-state index in [0.29, 0.717) is 17.1 Å². The van der Waals surface area contributed by atoms with Crippen molar-refractivity contribution >= 4 is 39.0 Å². The second-order valence-electron chi connectivity index (χ2n) is 4.75. The Morgan fingerprint density at radius 3 is 2.86 bits per heavy atom. The van der Waals surface area contributed by atoms with Crippen molar-refractivity contribution in [3.63, 3.8) is 0 Å². The van der Waals surface area contributed by atoms with E-state index in [2.05, 4.69) is 5.32 Å². The Labute approximate surface area is 127 Å². The van der Waals surface area contributed by atoms with Gasteiger partial charge in [-0.1, -0.05) is 6.92 Å². The Hall–Kier alpha value is -2.08. The largest absolute Gasteiger partial charge is 0.448 e. The molecule has 6 heteroatoms. The van der Waals surface area contributed by atoms with Crippen LogP contribution < -0.4 is 11.1 Å². The van der Waals surface area contributed by atoms with Crippen molar-refractivity contribution in [1.29, 1.82) is 0 Å². The average Bonchev–Trinajstić information content (AvgIpc) is 2.87. The first-order valence-electron chi connectivity index (χ1n) is 6.79. The summed E-state index contributed by atoms with van der Waals surface area (Å²) in [6.45, 7) is 4.09. The van der Waals surface area contributed by atoms with Crippen LogP contribution >= 0.6 is 11.3 Å². The molecule has 1 aromatic carbocycles. The molecule has 1 aromatic heterocycles. The molecule has 0 saturated carbocycles. The minimum absolute atomic E-state index is 0.282. The zero-order valence-corrected chi connectivity index (χ0v) is 12.8. The summed E-state index contributed by atoms with van der Waals surface area (Å²) in [5.41, 5.74) is 6.36. The Balaban J connectivity index is 2.06. The van der Waals surface area contributed by atoms with Gasteiger partial charge in [-0.05, 0) is 43.0 Å². The second-order valence-corrected chi connectivity index (χ2v) is 5.83. The number of carbonyl (C=O) groups excluding carboxylic acids is 2. The van der Waals surface area contributed by atoms with Crippen LogP contribution in [-0.4, -0.2) is 24.5 Å². The summed E-state index contributed by atoms with van der Waals surface area (Å²) in [5.74, 6) is -0.774. The summed E-state index contributed by atoms with van der Waals surface area (Å²) >= 11 is 1.32. The molecule has 5 nitrogen and oxygen atoms in total. The minimum Gasteiger partial charge on any atom is -0.448 e. The van der Waals surface area contributed by atoms with Gasteiger partial charge in [-0.2, -0.15) is 0 Å². The number of carbonyl (C=O) groups is 2. The van der Waals surface area contributed by atoms with Gasteiger partial charge in [0, 0.05) is 16.9 Å². The number of rotatable bonds is 5. The highest BCUT2D eigenvalue weighted by Gasteiger charge is 2.19. The van der Waals surface area contributed by atoms with Crippen molar-refractivity contribution < 1.29 is 14.3 Å². The van der Waals surface area contributed by atoms with Gasteiger partial charge in [0.05, 0.1) is 0 Å². The maximum absolute atomic E-state index is 12.1. The van der Waals surface area contributed by atoms with Crippen molar-refractivity contribution in [2.45, 2.75) is 26.4 Å². The Morgan fingerprint density at radius 2 is 2.14 bits per heavy atom. The fourth-order valence-electron chi connectivity index (χ4n) is 1.83. The van der Waals surface area contributed by atoms with E-state index in [1.165, 1.54) is 11.3 Å². The topological polar surface area (TPSA) is 81.4 Å². The number of nitrogens with one attached hydrogen (secondary N) is 1. The van der Waals surface area contributed by atoms with E-state index < -0.39 is 12.1 Å². The van der Waals surface area contributed by atoms with Crippen molar-refractivity contribution in [1.82, 2.24) is 5.32 Å². The lowest BCUT2D eigenvalue weighted by atomic mass is 10.2. The lowest BCUT2D eigenvalue weighted by molar-refractivity contribution is -0.129. The molecule has 21 heavy (non-hydrogen) atoms. The van der Waals surface area contributed by atoms with E-state index in [1.807, 2.05) is 13.0 Å². The summed E-state index contributed by atoms with van der Waals surface area (Å²) in [4.78, 5) is 24.2. The van der Waals surface area contributed by atoms with Crippen molar-refractivity contribution in [2.75, 3.05) is 12.3 Å². The van der Waals surface area contributed by atoms with Gasteiger partial charge in [0.25, 0.3) is 5.91 Å². The summed E-state index contributed by atoms with van der Waals surface area (Å²) in [7, 11) is 0. The summed E-state index contributed by atoms with van der Waals surface area (Å²) in [6, 6.07) is 7.19. The van der Waals surface area contributed by atoms with Gasteiger partial charge >= 0.3 is 5.97 Å². The van der Waals surface area contributed by atoms with Crippen LogP contribution in [-0.2, 0) is 9.53 Å². The Kier molecular flexibility index (Phi) is 4.80. The molecule has 0 fully saturated rings. The molecule has 0 spiro atoms. The van der Waals surface area contributed by atoms with Crippen LogP contribution in [0.2, 0.25) is 0 Å². The van der Waals surface area contributed by atoms with Gasteiger partial charge in [0.1, 0.15) is 4.88 Å². The van der Waals surface area contributed by atoms with Crippen LogP contribution in [0.3, 0.4) is 0 Å². The number of hydrogen-bond donors (Lipinski definition) is 2. The van der Waals surface area contributed by atoms with Gasteiger partial charge in [-0.15, -0.1) is 11.3 Å². The lowest BCUT2D eigenvalue weighted by Crippen LogP contribution is -2.36. The molecule has 0 saturated heterocycles. The van der Waals surface area contributed by atoms with Crippen LogP contribution in [0.25, 0.3) is 10.1 Å². The molecule has 1 atom stereocenters. The maximum Gasteiger partial charge on any atom is 0.349 e. The first kappa shape index (κ1) is 15.3. The maximum atomic E-state index is 12.1. The van der Waals surface area contributed by atoms with E-state index in [1.54, 1.807) is 25.1 Å². The fourth-order valence-corrected chi connectivity index (χ4v) is 2.75. The second kappa shape index (κ2) is 6.58. The number of benzene rings is 1. The number of fused-ring (bicyclic) bond motifs is 1. The van der Waals surface area contributed by atoms with E-state index >= 15 is 0 Å². The number of esters is 1. The molecule has 0 radical (unpaired) electrons.